The number of nitrogens with one attached hydrogen (secondary N) is 3. The van der Waals surface area contributed by atoms with Crippen molar-refractivity contribution < 1.29 is 5.11 Å². The Bertz CT molecular complexity index is 1370. The van der Waals surface area contributed by atoms with Crippen molar-refractivity contribution in [1.29, 1.82) is 0 Å². The zero-order valence-corrected chi connectivity index (χ0v) is 16.0. The van der Waals surface area contributed by atoms with Crippen molar-refractivity contribution in [3.63, 3.8) is 0 Å². The Hall–Kier alpha value is -3.29. The van der Waals surface area contributed by atoms with Gasteiger partial charge in [0.25, 0.3) is 5.56 Å². The van der Waals surface area contributed by atoms with Gasteiger partial charge in [-0.25, -0.2) is 9.36 Å². The summed E-state index contributed by atoms with van der Waals surface area (Å²) in [5, 5.41) is 15.8. The molecule has 0 saturated carbocycles. The number of hydrogen-bond acceptors (Lipinski definition) is 4. The maximum absolute atomic E-state index is 12.7. The topological polar surface area (TPSA) is 103 Å². The average molecular weight is 409 g/mol. The first-order valence-corrected chi connectivity index (χ1v) is 9.59. The largest absolute Gasteiger partial charge is 0.494 e. The number of aromatic hydroxyl groups is 1. The van der Waals surface area contributed by atoms with Gasteiger partial charge in [0.15, 0.2) is 0 Å². The highest BCUT2D eigenvalue weighted by molar-refractivity contribution is 6.30. The Morgan fingerprint density at radius 1 is 1.07 bits per heavy atom. The van der Waals surface area contributed by atoms with Crippen LogP contribution in [0.15, 0.2) is 58.1 Å². The number of rotatable bonds is 2. The quantitative estimate of drug-likeness (QED) is 0.409. The van der Waals surface area contributed by atoms with Gasteiger partial charge in [-0.05, 0) is 36.2 Å². The zero-order chi connectivity index (χ0) is 20.1. The van der Waals surface area contributed by atoms with Crippen molar-refractivity contribution in [2.24, 2.45) is 0 Å². The number of para-hydroxylation sites is 1. The Labute approximate surface area is 169 Å². The summed E-state index contributed by atoms with van der Waals surface area (Å²) >= 11 is 6.04. The molecule has 0 bridgehead atoms. The molecule has 2 aromatic carbocycles. The van der Waals surface area contributed by atoms with Gasteiger partial charge in [0.2, 0.25) is 5.88 Å². The molecule has 0 amide bonds. The maximum Gasteiger partial charge on any atom is 0.335 e. The fourth-order valence-corrected chi connectivity index (χ4v) is 4.26. The number of hydrogen-bond donors (Lipinski definition) is 4. The maximum atomic E-state index is 12.7. The highest BCUT2D eigenvalue weighted by Gasteiger charge is 2.31. The minimum absolute atomic E-state index is 0.0806. The van der Waals surface area contributed by atoms with E-state index in [2.05, 4.69) is 15.3 Å². The van der Waals surface area contributed by atoms with E-state index in [0.29, 0.717) is 17.3 Å². The van der Waals surface area contributed by atoms with Gasteiger partial charge in [0.1, 0.15) is 5.56 Å². The number of nitrogens with zero attached hydrogens (tertiary/aromatic N) is 1. The molecule has 0 spiro atoms. The van der Waals surface area contributed by atoms with Crippen molar-refractivity contribution in [2.75, 3.05) is 6.54 Å². The molecular weight excluding hydrogens is 392 g/mol. The lowest BCUT2D eigenvalue weighted by Gasteiger charge is -2.25. The summed E-state index contributed by atoms with van der Waals surface area (Å²) in [5.41, 5.74) is 1.96. The second-order valence-corrected chi connectivity index (χ2v) is 7.45. The smallest absolute Gasteiger partial charge is 0.335 e. The van der Waals surface area contributed by atoms with E-state index in [0.717, 1.165) is 33.1 Å². The monoisotopic (exact) mass is 408 g/mol. The second-order valence-electron chi connectivity index (χ2n) is 7.01. The molecule has 8 heteroatoms. The van der Waals surface area contributed by atoms with Crippen LogP contribution in [0.3, 0.4) is 0 Å². The van der Waals surface area contributed by atoms with Crippen molar-refractivity contribution in [1.82, 2.24) is 19.9 Å². The normalized spacial score (nSPS) is 16.1. The lowest BCUT2D eigenvalue weighted by atomic mass is 9.95. The van der Waals surface area contributed by atoms with Gasteiger partial charge in [0.05, 0.1) is 11.7 Å². The third kappa shape index (κ3) is 2.78. The van der Waals surface area contributed by atoms with E-state index in [1.165, 1.54) is 0 Å². The van der Waals surface area contributed by atoms with E-state index in [1.54, 1.807) is 24.3 Å². The summed E-state index contributed by atoms with van der Waals surface area (Å²) in [6.07, 6.45) is 0.794. The number of halogens is 1. The van der Waals surface area contributed by atoms with Gasteiger partial charge in [-0.1, -0.05) is 35.9 Å². The van der Waals surface area contributed by atoms with Gasteiger partial charge in [0, 0.05) is 28.2 Å². The van der Waals surface area contributed by atoms with Gasteiger partial charge in [-0.2, -0.15) is 0 Å². The molecule has 2 aromatic heterocycles. The number of H-pyrrole nitrogens is 2. The first-order chi connectivity index (χ1) is 14.0. The van der Waals surface area contributed by atoms with Crippen LogP contribution in [0, 0.1) is 0 Å². The van der Waals surface area contributed by atoms with Crippen LogP contribution in [0.4, 0.5) is 0 Å². The fraction of sp³-hybridized carbons (Fsp3) is 0.143. The Balaban J connectivity index is 1.75. The first kappa shape index (κ1) is 17.8. The van der Waals surface area contributed by atoms with Crippen LogP contribution in [0.1, 0.15) is 22.9 Å². The molecule has 0 fully saturated rings. The Kier molecular flexibility index (Phi) is 4.08. The zero-order valence-electron chi connectivity index (χ0n) is 15.2. The minimum atomic E-state index is -0.730. The van der Waals surface area contributed by atoms with Crippen LogP contribution in [-0.2, 0) is 6.42 Å². The minimum Gasteiger partial charge on any atom is -0.494 e. The number of fused-ring (bicyclic) bond motifs is 3. The predicted octanol–water partition coefficient (Wildman–Crippen LogP) is 2.60. The van der Waals surface area contributed by atoms with Crippen LogP contribution in [0.5, 0.6) is 5.88 Å². The van der Waals surface area contributed by atoms with Gasteiger partial charge in [-0.3, -0.25) is 9.78 Å². The van der Waals surface area contributed by atoms with E-state index < -0.39 is 23.2 Å². The highest BCUT2D eigenvalue weighted by atomic mass is 35.5. The van der Waals surface area contributed by atoms with Crippen molar-refractivity contribution >= 4 is 22.5 Å². The molecule has 29 heavy (non-hydrogen) atoms. The summed E-state index contributed by atoms with van der Waals surface area (Å²) in [5.74, 6) is -0.412. The van der Waals surface area contributed by atoms with Crippen LogP contribution >= 0.6 is 11.6 Å². The lowest BCUT2D eigenvalue weighted by molar-refractivity contribution is 0.410. The SMILES string of the molecule is O=c1[nH]c(=O)n(-c2cccc(Cl)c2)c(O)c1[C@@H]1NCCc2c1[nH]c1ccccc21. The summed E-state index contributed by atoms with van der Waals surface area (Å²) in [7, 11) is 0. The summed E-state index contributed by atoms with van der Waals surface area (Å²) in [6.45, 7) is 0.634. The Morgan fingerprint density at radius 3 is 2.72 bits per heavy atom. The molecule has 146 valence electrons. The molecule has 7 nitrogen and oxygen atoms in total. The van der Waals surface area contributed by atoms with E-state index in [4.69, 9.17) is 11.6 Å². The molecule has 4 N–H and O–H groups in total. The molecule has 0 unspecified atom stereocenters. The molecule has 1 aliphatic heterocycles. The molecule has 1 atom stereocenters. The van der Waals surface area contributed by atoms with Crippen LogP contribution < -0.4 is 16.6 Å². The molecule has 3 heterocycles. The van der Waals surface area contributed by atoms with E-state index in [-0.39, 0.29) is 5.56 Å². The van der Waals surface area contributed by atoms with E-state index in [9.17, 15) is 14.7 Å². The van der Waals surface area contributed by atoms with Crippen molar-refractivity contribution in [3.8, 4) is 11.6 Å². The summed E-state index contributed by atoms with van der Waals surface area (Å²) in [6, 6.07) is 13.9. The molecule has 5 rings (SSSR count). The van der Waals surface area contributed by atoms with E-state index >= 15 is 0 Å². The Morgan fingerprint density at radius 2 is 1.90 bits per heavy atom. The third-order valence-corrected chi connectivity index (χ3v) is 5.57. The van der Waals surface area contributed by atoms with Crippen LogP contribution in [0.25, 0.3) is 16.6 Å². The van der Waals surface area contributed by atoms with Crippen LogP contribution in [-0.4, -0.2) is 26.2 Å². The summed E-state index contributed by atoms with van der Waals surface area (Å²) < 4.78 is 1.06. The predicted molar refractivity (Wildman–Crippen MR) is 111 cm³/mol. The van der Waals surface area contributed by atoms with Gasteiger partial charge >= 0.3 is 5.69 Å². The fourth-order valence-electron chi connectivity index (χ4n) is 4.08. The molecule has 1 aliphatic rings. The van der Waals surface area contributed by atoms with Crippen LogP contribution in [0.2, 0.25) is 5.02 Å². The number of aromatic nitrogens is 3. The average Bonchev–Trinajstić information content (AvgIpc) is 3.07. The van der Waals surface area contributed by atoms with Crippen molar-refractivity contribution in [2.45, 2.75) is 12.5 Å². The molecule has 0 radical (unpaired) electrons. The van der Waals surface area contributed by atoms with Crippen molar-refractivity contribution in [3.05, 3.63) is 91.2 Å². The second kappa shape index (κ2) is 6.65. The van der Waals surface area contributed by atoms with E-state index in [1.807, 2.05) is 24.3 Å². The lowest BCUT2D eigenvalue weighted by Crippen LogP contribution is -2.38. The molecule has 0 aliphatic carbocycles. The molecule has 4 aromatic rings. The molecular formula is C21H17ClN4O3. The molecule has 0 saturated heterocycles. The van der Waals surface area contributed by atoms with Gasteiger partial charge < -0.3 is 15.4 Å². The summed E-state index contributed by atoms with van der Waals surface area (Å²) in [4.78, 5) is 30.9. The number of aromatic amines is 2. The third-order valence-electron chi connectivity index (χ3n) is 5.33. The number of benzene rings is 2. The highest BCUT2D eigenvalue weighted by Crippen LogP contribution is 2.35. The first-order valence-electron chi connectivity index (χ1n) is 9.21. The van der Waals surface area contributed by atoms with Gasteiger partial charge in [-0.15, -0.1) is 0 Å². The standard InChI is InChI=1S/C21H17ClN4O3/c22-11-4-3-5-12(10-11)26-20(28)16(19(27)25-21(26)29)18-17-14(8-9-23-18)13-6-1-2-7-15(13)24-17/h1-7,10,18,23-24,28H,8-9H2,(H,25,27,29)/t18-/m0/s1.